The van der Waals surface area contributed by atoms with E-state index in [0.717, 1.165) is 15.6 Å². The summed E-state index contributed by atoms with van der Waals surface area (Å²) < 4.78 is 10.6. The van der Waals surface area contributed by atoms with Crippen LogP contribution in [0.25, 0.3) is 11.1 Å². The third-order valence-electron chi connectivity index (χ3n) is 2.23. The van der Waals surface area contributed by atoms with E-state index in [4.69, 9.17) is 4.42 Å². The van der Waals surface area contributed by atoms with Gasteiger partial charge in [-0.25, -0.2) is 4.79 Å². The van der Waals surface area contributed by atoms with Crippen LogP contribution in [0.5, 0.6) is 0 Å². The molecule has 0 amide bonds. The number of methoxy groups -OCH3 is 1. The minimum Gasteiger partial charge on any atom is -0.471 e. The molecule has 2 aromatic rings. The van der Waals surface area contributed by atoms with E-state index in [9.17, 15) is 4.79 Å². The number of hydrogen-bond donors (Lipinski definition) is 0. The molecule has 0 aliphatic carbocycles. The Morgan fingerprint density at radius 3 is 2.69 bits per heavy atom. The van der Waals surface area contributed by atoms with Crippen LogP contribution >= 0.6 is 15.9 Å². The molecule has 0 saturated carbocycles. The number of carbonyl (C=O) groups excluding carboxylic acids is 1. The highest BCUT2D eigenvalue weighted by atomic mass is 79.9. The van der Waals surface area contributed by atoms with Crippen LogP contribution in [-0.4, -0.2) is 13.1 Å². The lowest BCUT2D eigenvalue weighted by molar-refractivity contribution is 0.0600. The molecule has 0 fully saturated rings. The molecule has 1 aromatic carbocycles. The molecule has 0 radical (unpaired) electrons. The van der Waals surface area contributed by atoms with E-state index in [0.29, 0.717) is 5.56 Å². The first-order valence-corrected chi connectivity index (χ1v) is 5.42. The Hall–Kier alpha value is -1.55. The molecule has 0 aliphatic heterocycles. The van der Waals surface area contributed by atoms with Crippen molar-refractivity contribution in [2.75, 3.05) is 7.11 Å². The Kier molecular flexibility index (Phi) is 3.10. The molecule has 0 aliphatic rings. The van der Waals surface area contributed by atoms with Gasteiger partial charge in [-0.05, 0) is 11.6 Å². The average Bonchev–Trinajstić information content (AvgIpc) is 2.77. The Morgan fingerprint density at radius 1 is 1.25 bits per heavy atom. The molecule has 0 N–H and O–H groups in total. The Labute approximate surface area is 101 Å². The number of rotatable bonds is 2. The summed E-state index contributed by atoms with van der Waals surface area (Å²) in [5.41, 5.74) is 2.05. The maximum Gasteiger partial charge on any atom is 0.341 e. The van der Waals surface area contributed by atoms with E-state index < -0.39 is 5.97 Å². The van der Waals surface area contributed by atoms with Gasteiger partial charge < -0.3 is 9.15 Å². The first-order chi connectivity index (χ1) is 7.74. The zero-order chi connectivity index (χ0) is 11.5. The largest absolute Gasteiger partial charge is 0.471 e. The Balaban J connectivity index is 2.53. The number of hydrogen-bond acceptors (Lipinski definition) is 3. The van der Waals surface area contributed by atoms with Gasteiger partial charge in [0, 0.05) is 10.0 Å². The standard InChI is InChI=1S/C12H9BrO3/c1-15-12(14)10-7-16-6-9(10)8-4-2-3-5-11(8)13/h2-7H,1H3. The molecule has 0 bridgehead atoms. The third kappa shape index (κ3) is 1.88. The second-order valence-corrected chi connectivity index (χ2v) is 4.02. The van der Waals surface area contributed by atoms with E-state index in [1.54, 1.807) is 0 Å². The molecule has 0 atom stereocenters. The predicted octanol–water partition coefficient (Wildman–Crippen LogP) is 3.50. The lowest BCUT2D eigenvalue weighted by atomic mass is 10.1. The Morgan fingerprint density at radius 2 is 2.00 bits per heavy atom. The van der Waals surface area contributed by atoms with Crippen molar-refractivity contribution in [1.29, 1.82) is 0 Å². The zero-order valence-corrected chi connectivity index (χ0v) is 10.2. The fourth-order valence-electron chi connectivity index (χ4n) is 1.45. The molecule has 1 heterocycles. The number of esters is 1. The first-order valence-electron chi connectivity index (χ1n) is 4.63. The van der Waals surface area contributed by atoms with Crippen LogP contribution in [0, 0.1) is 0 Å². The molecule has 2 rings (SSSR count). The predicted molar refractivity (Wildman–Crippen MR) is 63.2 cm³/mol. The van der Waals surface area contributed by atoms with Crippen LogP contribution in [0.1, 0.15) is 10.4 Å². The van der Waals surface area contributed by atoms with E-state index in [1.807, 2.05) is 24.3 Å². The highest BCUT2D eigenvalue weighted by Crippen LogP contribution is 2.31. The van der Waals surface area contributed by atoms with Crippen LogP contribution in [0.4, 0.5) is 0 Å². The van der Waals surface area contributed by atoms with Crippen molar-refractivity contribution in [3.8, 4) is 11.1 Å². The maximum absolute atomic E-state index is 11.5. The van der Waals surface area contributed by atoms with Crippen LogP contribution < -0.4 is 0 Å². The highest BCUT2D eigenvalue weighted by molar-refractivity contribution is 9.10. The quantitative estimate of drug-likeness (QED) is 0.791. The molecule has 16 heavy (non-hydrogen) atoms. The fraction of sp³-hybridized carbons (Fsp3) is 0.0833. The van der Waals surface area contributed by atoms with E-state index in [2.05, 4.69) is 20.7 Å². The van der Waals surface area contributed by atoms with Gasteiger partial charge in [0.1, 0.15) is 11.8 Å². The van der Waals surface area contributed by atoms with E-state index in [-0.39, 0.29) is 0 Å². The molecular weight excluding hydrogens is 272 g/mol. The van der Waals surface area contributed by atoms with Crippen molar-refractivity contribution in [2.24, 2.45) is 0 Å². The van der Waals surface area contributed by atoms with Gasteiger partial charge in [-0.15, -0.1) is 0 Å². The summed E-state index contributed by atoms with van der Waals surface area (Å²) in [5, 5.41) is 0. The minimum absolute atomic E-state index is 0.403. The van der Waals surface area contributed by atoms with Crippen molar-refractivity contribution in [1.82, 2.24) is 0 Å². The average molecular weight is 281 g/mol. The summed E-state index contributed by atoms with van der Waals surface area (Å²) in [6.45, 7) is 0. The van der Waals surface area contributed by atoms with Crippen LogP contribution in [0.3, 0.4) is 0 Å². The SMILES string of the molecule is COC(=O)c1cocc1-c1ccccc1Br. The highest BCUT2D eigenvalue weighted by Gasteiger charge is 2.17. The number of ether oxygens (including phenoxy) is 1. The second kappa shape index (κ2) is 4.53. The lowest BCUT2D eigenvalue weighted by Gasteiger charge is -2.03. The van der Waals surface area contributed by atoms with Crippen molar-refractivity contribution in [3.05, 3.63) is 46.8 Å². The molecule has 4 heteroatoms. The van der Waals surface area contributed by atoms with Gasteiger partial charge in [0.15, 0.2) is 0 Å². The zero-order valence-electron chi connectivity index (χ0n) is 8.57. The van der Waals surface area contributed by atoms with Crippen molar-refractivity contribution in [2.45, 2.75) is 0 Å². The molecule has 0 unspecified atom stereocenters. The summed E-state index contributed by atoms with van der Waals surface area (Å²) in [6.07, 6.45) is 2.92. The molecule has 0 saturated heterocycles. The van der Waals surface area contributed by atoms with Crippen molar-refractivity contribution < 1.29 is 13.9 Å². The van der Waals surface area contributed by atoms with Gasteiger partial charge in [-0.3, -0.25) is 0 Å². The van der Waals surface area contributed by atoms with Gasteiger partial charge in [0.05, 0.1) is 13.4 Å². The van der Waals surface area contributed by atoms with E-state index in [1.165, 1.54) is 19.6 Å². The van der Waals surface area contributed by atoms with Gasteiger partial charge >= 0.3 is 5.97 Å². The second-order valence-electron chi connectivity index (χ2n) is 3.17. The van der Waals surface area contributed by atoms with Gasteiger partial charge in [-0.1, -0.05) is 34.1 Å². The lowest BCUT2D eigenvalue weighted by Crippen LogP contribution is -2.01. The summed E-state index contributed by atoms with van der Waals surface area (Å²) >= 11 is 3.43. The van der Waals surface area contributed by atoms with Crippen molar-refractivity contribution >= 4 is 21.9 Å². The smallest absolute Gasteiger partial charge is 0.341 e. The normalized spacial score (nSPS) is 10.1. The Bertz CT molecular complexity index is 516. The topological polar surface area (TPSA) is 39.4 Å². The summed E-state index contributed by atoms with van der Waals surface area (Å²) in [5.74, 6) is -0.403. The summed E-state index contributed by atoms with van der Waals surface area (Å²) in [7, 11) is 1.35. The van der Waals surface area contributed by atoms with Gasteiger partial charge in [-0.2, -0.15) is 0 Å². The number of benzene rings is 1. The number of halogens is 1. The fourth-order valence-corrected chi connectivity index (χ4v) is 1.95. The van der Waals surface area contributed by atoms with Crippen molar-refractivity contribution in [3.63, 3.8) is 0 Å². The monoisotopic (exact) mass is 280 g/mol. The summed E-state index contributed by atoms with van der Waals surface area (Å²) in [6, 6.07) is 7.62. The number of furan rings is 1. The van der Waals surface area contributed by atoms with Crippen LogP contribution in [0.2, 0.25) is 0 Å². The van der Waals surface area contributed by atoms with Gasteiger partial charge in [0.25, 0.3) is 0 Å². The number of carbonyl (C=O) groups is 1. The molecular formula is C12H9BrO3. The first kappa shape index (κ1) is 11.0. The molecule has 1 aromatic heterocycles. The van der Waals surface area contributed by atoms with E-state index >= 15 is 0 Å². The summed E-state index contributed by atoms with van der Waals surface area (Å²) in [4.78, 5) is 11.5. The molecule has 82 valence electrons. The molecule has 0 spiro atoms. The van der Waals surface area contributed by atoms with Gasteiger partial charge in [0.2, 0.25) is 0 Å². The third-order valence-corrected chi connectivity index (χ3v) is 2.92. The molecule has 3 nitrogen and oxygen atoms in total. The minimum atomic E-state index is -0.403. The maximum atomic E-state index is 11.5. The van der Waals surface area contributed by atoms with Crippen LogP contribution in [-0.2, 0) is 4.74 Å². The van der Waals surface area contributed by atoms with Crippen LogP contribution in [0.15, 0.2) is 45.7 Å².